The molecule has 0 fully saturated rings. The van der Waals surface area contributed by atoms with E-state index in [1.807, 2.05) is 27.7 Å². The molecule has 408 valence electrons. The number of carboxylic acid groups (broad SMARTS) is 2. The Morgan fingerprint density at radius 3 is 1.28 bits per heavy atom. The van der Waals surface area contributed by atoms with Crippen LogP contribution in [0.1, 0.15) is 117 Å². The lowest BCUT2D eigenvalue weighted by Crippen LogP contribution is -2.47. The van der Waals surface area contributed by atoms with E-state index in [1.54, 1.807) is 107 Å². The Labute approximate surface area is 443 Å². The van der Waals surface area contributed by atoms with Crippen molar-refractivity contribution in [2.45, 2.75) is 128 Å². The minimum atomic E-state index is -1.05. The summed E-state index contributed by atoms with van der Waals surface area (Å²) in [4.78, 5) is 113. The van der Waals surface area contributed by atoms with Crippen LogP contribution < -0.4 is 15.5 Å². The summed E-state index contributed by atoms with van der Waals surface area (Å²) in [6, 6.07) is 20.2. The van der Waals surface area contributed by atoms with E-state index in [4.69, 9.17) is 50.5 Å². The number of hydrogen-bond acceptors (Lipinski definition) is 13. The number of carboxylic acids is 2. The summed E-state index contributed by atoms with van der Waals surface area (Å²) < 4.78 is 9.27. The van der Waals surface area contributed by atoms with Crippen molar-refractivity contribution in [1.29, 1.82) is 5.26 Å². The molecule has 20 nitrogen and oxygen atoms in total. The molecule has 0 aromatic heterocycles. The molecule has 4 N–H and O–H groups in total. The van der Waals surface area contributed by atoms with Crippen LogP contribution in [0.3, 0.4) is 0 Å². The maximum Gasteiger partial charge on any atom is 0.320 e. The number of nitrogens with zero attached hydrogens (tertiary/aromatic N) is 6. The largest absolute Gasteiger partial charge is 0.481 e. The number of benzene rings is 3. The van der Waals surface area contributed by atoms with E-state index in [9.17, 15) is 38.4 Å². The third kappa shape index (κ3) is 33.5. The Morgan fingerprint density at radius 1 is 0.653 bits per heavy atom. The molecular formula is C55H75N7O13. The fraction of sp³-hybridized carbons (Fsp3) is 0.436. The third-order valence-electron chi connectivity index (χ3n) is 8.90. The monoisotopic (exact) mass is 1040 g/mol. The van der Waals surface area contributed by atoms with Crippen LogP contribution in [-0.4, -0.2) is 89.1 Å². The minimum absolute atomic E-state index is 0. The smallest absolute Gasteiger partial charge is 0.320 e. The van der Waals surface area contributed by atoms with Crippen molar-refractivity contribution in [3.05, 3.63) is 107 Å². The number of rotatable bonds is 18. The Balaban J connectivity index is -0.000000298. The van der Waals surface area contributed by atoms with Crippen molar-refractivity contribution < 1.29 is 64.3 Å². The molecule has 3 rings (SSSR count). The number of anilines is 3. The minimum Gasteiger partial charge on any atom is -0.481 e. The number of esters is 2. The first-order chi connectivity index (χ1) is 34.7. The quantitative estimate of drug-likeness (QED) is 0.0462. The highest BCUT2D eigenvalue weighted by Gasteiger charge is 2.33. The average molecular weight is 1040 g/mol. The third-order valence-corrected chi connectivity index (χ3v) is 8.90. The van der Waals surface area contributed by atoms with Gasteiger partial charge in [-0.2, -0.15) is 5.26 Å². The van der Waals surface area contributed by atoms with Crippen LogP contribution in [0.15, 0.2) is 72.8 Å². The lowest BCUT2D eigenvalue weighted by molar-refractivity contribution is -0.144. The molecule has 20 heteroatoms. The Hall–Kier alpha value is -8.75. The molecule has 0 aliphatic carbocycles. The number of aldehydes is 1. The number of nitrogens with two attached hydrogens (primary N) is 1. The lowest BCUT2D eigenvalue weighted by Gasteiger charge is -2.33. The van der Waals surface area contributed by atoms with E-state index in [1.165, 1.54) is 23.6 Å². The SMILES string of the molecule is C.CC(=O)O.CC(C)C=O.CCOC(=O)CC#N.[2HH].[C-]#[N+]c1cccc(N(C(C)=O)C(C(=O)CCC(=O)O)C(C)C)c1.[C-]#[N+]c1cccc(N(C(C)=O)C(C(=O)CCC(=O)OCC)C(C)C)c1.[C-]#[N+]c1cccc(N)c1. The highest BCUT2D eigenvalue weighted by molar-refractivity contribution is 6.02. The fourth-order valence-electron chi connectivity index (χ4n) is 5.98. The first-order valence-corrected chi connectivity index (χ1v) is 23.1. The highest BCUT2D eigenvalue weighted by Crippen LogP contribution is 2.29. The summed E-state index contributed by atoms with van der Waals surface area (Å²) >= 11 is 0. The predicted molar refractivity (Wildman–Crippen MR) is 289 cm³/mol. The van der Waals surface area contributed by atoms with Crippen LogP contribution in [0.5, 0.6) is 0 Å². The summed E-state index contributed by atoms with van der Waals surface area (Å²) in [5, 5.41) is 24.1. The second kappa shape index (κ2) is 41.8. The zero-order valence-corrected chi connectivity index (χ0v) is 44.0. The van der Waals surface area contributed by atoms with E-state index < -0.39 is 36.0 Å². The van der Waals surface area contributed by atoms with Gasteiger partial charge >= 0.3 is 17.9 Å². The van der Waals surface area contributed by atoms with Crippen LogP contribution in [0.4, 0.5) is 34.1 Å². The van der Waals surface area contributed by atoms with Gasteiger partial charge in [-0.25, -0.2) is 14.5 Å². The molecular weight excluding hydrogens is 967 g/mol. The van der Waals surface area contributed by atoms with E-state index in [0.29, 0.717) is 40.7 Å². The van der Waals surface area contributed by atoms with Crippen molar-refractivity contribution >= 4 is 87.7 Å². The van der Waals surface area contributed by atoms with Gasteiger partial charge in [0.15, 0.2) is 28.6 Å². The van der Waals surface area contributed by atoms with Crippen molar-refractivity contribution in [2.24, 2.45) is 17.8 Å². The van der Waals surface area contributed by atoms with Gasteiger partial charge in [-0.3, -0.25) is 38.4 Å². The Kier molecular flexibility index (Phi) is 40.6. The molecule has 2 atom stereocenters. The molecule has 0 saturated carbocycles. The first-order valence-electron chi connectivity index (χ1n) is 23.1. The molecule has 3 aromatic carbocycles. The average Bonchev–Trinajstić information content (AvgIpc) is 3.33. The fourth-order valence-corrected chi connectivity index (χ4v) is 5.98. The van der Waals surface area contributed by atoms with E-state index >= 15 is 0 Å². The predicted octanol–water partition coefficient (Wildman–Crippen LogP) is 10.7. The van der Waals surface area contributed by atoms with Gasteiger partial charge in [-0.1, -0.05) is 85.4 Å². The standard InChI is InChI=1S/C19H24N2O4.C17H20N2O4.C7H6N2.C5H7NO2.C4H8O.C2H4O2.CH4.H2/c1-6-25-18(24)11-10-17(23)19(13(2)3)21(14(4)22)16-9-7-8-15(12-16)20-5;1-11(2)17(15(21)8-9-16(22)23)19(12(3)20)14-7-5-6-13(10-14)18-4;1-9-7-4-2-3-6(8)5-7;1-2-8-5(7)3-4-6;1-4(2)3-5;1-2(3)4;;/h7-9,12-13,19H,6,10-11H2,1-4H3;5-7,10-11,17H,8-9H2,1-3H3,(H,22,23);2-5H,8H2;2-3H2,1H3;3-4H,1-2H3;1H3,(H,3,4);1H4;1H/i;;;;;;;1+1. The molecule has 0 bridgehead atoms. The maximum atomic E-state index is 12.7. The molecule has 2 amide bonds. The maximum absolute atomic E-state index is 12.7. The Bertz CT molecular complexity index is 2480. The second-order valence-electron chi connectivity index (χ2n) is 16.3. The molecule has 0 aliphatic rings. The highest BCUT2D eigenvalue weighted by atomic mass is 16.5. The van der Waals surface area contributed by atoms with Crippen LogP contribution in [0.25, 0.3) is 14.5 Å². The zero-order chi connectivity index (χ0) is 57.5. The number of nitriles is 1. The zero-order valence-electron chi connectivity index (χ0n) is 44.0. The molecule has 75 heavy (non-hydrogen) atoms. The van der Waals surface area contributed by atoms with Gasteiger partial charge in [0, 0.05) is 58.0 Å². The number of hydrogen-bond donors (Lipinski definition) is 3. The summed E-state index contributed by atoms with van der Waals surface area (Å²) in [5.41, 5.74) is 8.36. The number of carbonyl (C=O) groups excluding carboxylic acids is 7. The molecule has 0 radical (unpaired) electrons. The van der Waals surface area contributed by atoms with E-state index in [2.05, 4.69) is 19.3 Å². The first kappa shape index (κ1) is 72.8. The van der Waals surface area contributed by atoms with Crippen LogP contribution in [-0.2, 0) is 52.6 Å². The molecule has 0 heterocycles. The van der Waals surface area contributed by atoms with Crippen LogP contribution in [0, 0.1) is 48.8 Å². The Morgan fingerprint density at radius 2 is 1.00 bits per heavy atom. The molecule has 0 spiro atoms. The summed E-state index contributed by atoms with van der Waals surface area (Å²) in [6.45, 7) is 39.7. The lowest BCUT2D eigenvalue weighted by atomic mass is 9.94. The van der Waals surface area contributed by atoms with Crippen LogP contribution >= 0.6 is 0 Å². The van der Waals surface area contributed by atoms with E-state index in [-0.39, 0.29) is 88.7 Å². The second-order valence-corrected chi connectivity index (χ2v) is 16.3. The number of Topliss-reactive ketones (excluding diaryl/α,β-unsaturated/α-hetero) is 2. The van der Waals surface area contributed by atoms with Crippen molar-refractivity contribution in [2.75, 3.05) is 28.7 Å². The molecule has 0 aliphatic heterocycles. The summed E-state index contributed by atoms with van der Waals surface area (Å²) in [6.07, 6.45) is 0.367. The van der Waals surface area contributed by atoms with Crippen molar-refractivity contribution in [3.8, 4) is 6.07 Å². The van der Waals surface area contributed by atoms with Crippen molar-refractivity contribution in [3.63, 3.8) is 0 Å². The van der Waals surface area contributed by atoms with Gasteiger partial charge in [0.05, 0.1) is 63.9 Å². The number of aliphatic carboxylic acids is 2. The van der Waals surface area contributed by atoms with Gasteiger partial charge in [-0.05, 0) is 62.1 Å². The molecule has 2 unspecified atom stereocenters. The van der Waals surface area contributed by atoms with E-state index in [0.717, 1.165) is 13.2 Å². The van der Waals surface area contributed by atoms with Gasteiger partial charge in [0.1, 0.15) is 12.7 Å². The molecule has 3 aromatic rings. The van der Waals surface area contributed by atoms with Gasteiger partial charge in [0.2, 0.25) is 11.8 Å². The summed E-state index contributed by atoms with van der Waals surface area (Å²) in [7, 11) is 0. The normalized spacial score (nSPS) is 10.1. The van der Waals surface area contributed by atoms with Gasteiger partial charge < -0.3 is 40.0 Å². The number of ether oxygens (including phenoxy) is 2. The summed E-state index contributed by atoms with van der Waals surface area (Å²) in [5.74, 6) is -4.00. The number of carbonyl (C=O) groups is 9. The van der Waals surface area contributed by atoms with Gasteiger partial charge in [0.25, 0.3) is 5.97 Å². The topological polar surface area (TPSA) is 282 Å². The number of nitrogen functional groups attached to an aromatic ring is 1. The molecule has 0 saturated heterocycles. The van der Waals surface area contributed by atoms with Gasteiger partial charge in [-0.15, -0.1) is 0 Å². The van der Waals surface area contributed by atoms with Crippen molar-refractivity contribution in [1.82, 2.24) is 0 Å². The number of amides is 2. The van der Waals surface area contributed by atoms with Crippen LogP contribution in [0.2, 0.25) is 0 Å². The number of ketones is 2.